The van der Waals surface area contributed by atoms with Gasteiger partial charge in [0.05, 0.1) is 0 Å². The standard InChI is InChI=1S/C16H25N3O2/c1-2-21-13-16(20)18-12-14-7-8-15(17-11-14)19-9-5-3-4-6-10-19/h7-8,11H,2-6,9-10,12-13H2,1H3,(H,18,20). The molecule has 0 atom stereocenters. The number of aromatic nitrogens is 1. The van der Waals surface area contributed by atoms with Crippen LogP contribution < -0.4 is 10.2 Å². The van der Waals surface area contributed by atoms with Gasteiger partial charge in [-0.15, -0.1) is 0 Å². The molecule has 2 rings (SSSR count). The van der Waals surface area contributed by atoms with Gasteiger partial charge in [0.1, 0.15) is 12.4 Å². The molecule has 0 aliphatic carbocycles. The van der Waals surface area contributed by atoms with E-state index in [0.717, 1.165) is 24.5 Å². The highest BCUT2D eigenvalue weighted by atomic mass is 16.5. The molecule has 0 saturated carbocycles. The van der Waals surface area contributed by atoms with Crippen molar-refractivity contribution in [2.24, 2.45) is 0 Å². The number of hydrogen-bond acceptors (Lipinski definition) is 4. The summed E-state index contributed by atoms with van der Waals surface area (Å²) in [5.41, 5.74) is 1.01. The van der Waals surface area contributed by atoms with Crippen LogP contribution in [0.4, 0.5) is 5.82 Å². The highest BCUT2D eigenvalue weighted by molar-refractivity contribution is 5.77. The third-order valence-corrected chi connectivity index (χ3v) is 3.67. The molecule has 0 aromatic carbocycles. The first-order chi connectivity index (χ1) is 10.3. The van der Waals surface area contributed by atoms with E-state index in [2.05, 4.69) is 21.3 Å². The van der Waals surface area contributed by atoms with Crippen LogP contribution in [0.2, 0.25) is 0 Å². The largest absolute Gasteiger partial charge is 0.372 e. The lowest BCUT2D eigenvalue weighted by Crippen LogP contribution is -2.27. The van der Waals surface area contributed by atoms with Gasteiger partial charge in [-0.25, -0.2) is 4.98 Å². The lowest BCUT2D eigenvalue weighted by Gasteiger charge is -2.21. The molecule has 5 heteroatoms. The van der Waals surface area contributed by atoms with Crippen molar-refractivity contribution < 1.29 is 9.53 Å². The SMILES string of the molecule is CCOCC(=O)NCc1ccc(N2CCCCCC2)nc1. The summed E-state index contributed by atoms with van der Waals surface area (Å²) in [5, 5.41) is 2.83. The Kier molecular flexibility index (Phi) is 6.47. The summed E-state index contributed by atoms with van der Waals surface area (Å²) in [6.07, 6.45) is 6.98. The van der Waals surface area contributed by atoms with E-state index in [4.69, 9.17) is 4.74 Å². The maximum Gasteiger partial charge on any atom is 0.246 e. The van der Waals surface area contributed by atoms with E-state index in [1.54, 1.807) is 0 Å². The van der Waals surface area contributed by atoms with E-state index in [1.165, 1.54) is 25.7 Å². The van der Waals surface area contributed by atoms with Crippen LogP contribution in [0.3, 0.4) is 0 Å². The van der Waals surface area contributed by atoms with Gasteiger partial charge in [-0.2, -0.15) is 0 Å². The number of ether oxygens (including phenoxy) is 1. The molecule has 1 fully saturated rings. The average Bonchev–Trinajstić information content (AvgIpc) is 2.80. The summed E-state index contributed by atoms with van der Waals surface area (Å²) >= 11 is 0. The van der Waals surface area contributed by atoms with Gasteiger partial charge >= 0.3 is 0 Å². The van der Waals surface area contributed by atoms with Gasteiger partial charge in [-0.1, -0.05) is 18.9 Å². The summed E-state index contributed by atoms with van der Waals surface area (Å²) in [6, 6.07) is 4.09. The van der Waals surface area contributed by atoms with Crippen LogP contribution in [0, 0.1) is 0 Å². The maximum atomic E-state index is 11.5. The van der Waals surface area contributed by atoms with Crippen molar-refractivity contribution in [2.75, 3.05) is 31.2 Å². The molecule has 1 N–H and O–H groups in total. The van der Waals surface area contributed by atoms with Gasteiger partial charge in [-0.05, 0) is 31.4 Å². The van der Waals surface area contributed by atoms with Crippen molar-refractivity contribution in [2.45, 2.75) is 39.2 Å². The van der Waals surface area contributed by atoms with Crippen LogP contribution in [-0.4, -0.2) is 37.2 Å². The molecule has 1 saturated heterocycles. The highest BCUT2D eigenvalue weighted by Gasteiger charge is 2.10. The molecule has 0 radical (unpaired) electrons. The lowest BCUT2D eigenvalue weighted by atomic mass is 10.2. The predicted molar refractivity (Wildman–Crippen MR) is 83.3 cm³/mol. The van der Waals surface area contributed by atoms with Crippen LogP contribution in [0.1, 0.15) is 38.2 Å². The molecule has 1 aromatic rings. The molecule has 1 aliphatic heterocycles. The van der Waals surface area contributed by atoms with Gasteiger partial charge < -0.3 is 15.0 Å². The van der Waals surface area contributed by atoms with Gasteiger partial charge in [0, 0.05) is 32.4 Å². The summed E-state index contributed by atoms with van der Waals surface area (Å²) in [6.45, 7) is 5.24. The first kappa shape index (κ1) is 15.8. The summed E-state index contributed by atoms with van der Waals surface area (Å²) < 4.78 is 5.06. The normalized spacial score (nSPS) is 15.6. The Bertz CT molecular complexity index is 426. The summed E-state index contributed by atoms with van der Waals surface area (Å²) in [5.74, 6) is 0.953. The number of pyridine rings is 1. The molecular formula is C16H25N3O2. The number of amides is 1. The van der Waals surface area contributed by atoms with E-state index in [0.29, 0.717) is 13.2 Å². The lowest BCUT2D eigenvalue weighted by molar-refractivity contribution is -0.125. The molecule has 21 heavy (non-hydrogen) atoms. The number of hydrogen-bond donors (Lipinski definition) is 1. The van der Waals surface area contributed by atoms with Crippen molar-refractivity contribution in [3.05, 3.63) is 23.9 Å². The molecule has 1 aromatic heterocycles. The Morgan fingerprint density at radius 2 is 2.05 bits per heavy atom. The second-order valence-corrected chi connectivity index (χ2v) is 5.34. The van der Waals surface area contributed by atoms with Crippen LogP contribution in [-0.2, 0) is 16.1 Å². The van der Waals surface area contributed by atoms with Crippen molar-refractivity contribution in [1.82, 2.24) is 10.3 Å². The van der Waals surface area contributed by atoms with E-state index in [-0.39, 0.29) is 12.5 Å². The number of carbonyl (C=O) groups is 1. The van der Waals surface area contributed by atoms with Crippen LogP contribution in [0.25, 0.3) is 0 Å². The van der Waals surface area contributed by atoms with Gasteiger partial charge in [-0.3, -0.25) is 4.79 Å². The Hall–Kier alpha value is -1.62. The topological polar surface area (TPSA) is 54.5 Å². The van der Waals surface area contributed by atoms with Crippen LogP contribution in [0.5, 0.6) is 0 Å². The molecule has 1 amide bonds. The molecule has 0 bridgehead atoms. The average molecular weight is 291 g/mol. The summed E-state index contributed by atoms with van der Waals surface area (Å²) in [7, 11) is 0. The highest BCUT2D eigenvalue weighted by Crippen LogP contribution is 2.17. The van der Waals surface area contributed by atoms with Crippen LogP contribution in [0.15, 0.2) is 18.3 Å². The molecule has 5 nitrogen and oxygen atoms in total. The molecule has 2 heterocycles. The molecule has 1 aliphatic rings. The van der Waals surface area contributed by atoms with E-state index in [9.17, 15) is 4.79 Å². The third-order valence-electron chi connectivity index (χ3n) is 3.67. The predicted octanol–water partition coefficient (Wildman–Crippen LogP) is 2.11. The van der Waals surface area contributed by atoms with Crippen LogP contribution >= 0.6 is 0 Å². The maximum absolute atomic E-state index is 11.5. The number of rotatable bonds is 6. The minimum atomic E-state index is -0.0894. The first-order valence-electron chi connectivity index (χ1n) is 7.84. The molecular weight excluding hydrogens is 266 g/mol. The van der Waals surface area contributed by atoms with E-state index >= 15 is 0 Å². The minimum Gasteiger partial charge on any atom is -0.372 e. The van der Waals surface area contributed by atoms with Crippen molar-refractivity contribution in [1.29, 1.82) is 0 Å². The minimum absolute atomic E-state index is 0.0894. The second kappa shape index (κ2) is 8.62. The van der Waals surface area contributed by atoms with E-state index < -0.39 is 0 Å². The van der Waals surface area contributed by atoms with Gasteiger partial charge in [0.2, 0.25) is 5.91 Å². The van der Waals surface area contributed by atoms with Crippen molar-refractivity contribution in [3.63, 3.8) is 0 Å². The molecule has 0 unspecified atom stereocenters. The van der Waals surface area contributed by atoms with E-state index in [1.807, 2.05) is 19.2 Å². The smallest absolute Gasteiger partial charge is 0.246 e. The zero-order valence-corrected chi connectivity index (χ0v) is 12.8. The fraction of sp³-hybridized carbons (Fsp3) is 0.625. The third kappa shape index (κ3) is 5.34. The number of nitrogens with zero attached hydrogens (tertiary/aromatic N) is 2. The second-order valence-electron chi connectivity index (χ2n) is 5.34. The molecule has 116 valence electrons. The van der Waals surface area contributed by atoms with Crippen molar-refractivity contribution >= 4 is 11.7 Å². The Morgan fingerprint density at radius 1 is 1.29 bits per heavy atom. The van der Waals surface area contributed by atoms with Gasteiger partial charge in [0.15, 0.2) is 0 Å². The number of anilines is 1. The monoisotopic (exact) mass is 291 g/mol. The Balaban J connectivity index is 1.82. The Morgan fingerprint density at radius 3 is 2.67 bits per heavy atom. The quantitative estimate of drug-likeness (QED) is 0.872. The molecule has 0 spiro atoms. The fourth-order valence-corrected chi connectivity index (χ4v) is 2.45. The fourth-order valence-electron chi connectivity index (χ4n) is 2.45. The Labute approximate surface area is 126 Å². The summed E-state index contributed by atoms with van der Waals surface area (Å²) in [4.78, 5) is 18.3. The van der Waals surface area contributed by atoms with Gasteiger partial charge in [0.25, 0.3) is 0 Å². The number of nitrogens with one attached hydrogen (secondary N) is 1. The number of carbonyl (C=O) groups excluding carboxylic acids is 1. The zero-order chi connectivity index (χ0) is 14.9. The zero-order valence-electron chi connectivity index (χ0n) is 12.8. The van der Waals surface area contributed by atoms with Crippen molar-refractivity contribution in [3.8, 4) is 0 Å². The first-order valence-corrected chi connectivity index (χ1v) is 7.84.